The molecule has 39 heavy (non-hydrogen) atoms. The van der Waals surface area contributed by atoms with Crippen molar-refractivity contribution in [2.75, 3.05) is 20.8 Å². The molecule has 0 bridgehead atoms. The molecule has 4 aromatic rings. The number of aliphatic hydroxyl groups excluding tert-OH is 1. The number of methoxy groups -OCH3 is 2. The summed E-state index contributed by atoms with van der Waals surface area (Å²) < 4.78 is 25.8. The number of aliphatic hydroxyl groups is 1. The smallest absolute Gasteiger partial charge is 0.251 e. The van der Waals surface area contributed by atoms with Crippen molar-refractivity contribution in [2.45, 2.75) is 30.5 Å². The molecule has 3 atom stereocenters. The van der Waals surface area contributed by atoms with E-state index in [4.69, 9.17) is 31.2 Å². The summed E-state index contributed by atoms with van der Waals surface area (Å²) in [5.41, 5.74) is 1.35. The van der Waals surface area contributed by atoms with E-state index in [1.165, 1.54) is 6.07 Å². The number of nitrogens with zero attached hydrogens (tertiary/aromatic N) is 1. The Labute approximate surface area is 231 Å². The molecule has 1 aromatic heterocycles. The number of benzene rings is 3. The van der Waals surface area contributed by atoms with Crippen LogP contribution in [0.2, 0.25) is 0 Å². The van der Waals surface area contributed by atoms with Gasteiger partial charge in [-0.3, -0.25) is 14.3 Å². The highest BCUT2D eigenvalue weighted by molar-refractivity contribution is 7.71. The van der Waals surface area contributed by atoms with Gasteiger partial charge in [-0.1, -0.05) is 54.6 Å². The first-order valence-corrected chi connectivity index (χ1v) is 13.0. The zero-order valence-electron chi connectivity index (χ0n) is 21.7. The van der Waals surface area contributed by atoms with Crippen molar-refractivity contribution in [3.8, 4) is 11.5 Å². The van der Waals surface area contributed by atoms with E-state index >= 15 is 0 Å². The summed E-state index contributed by atoms with van der Waals surface area (Å²) in [6.07, 6.45) is -0.0961. The van der Waals surface area contributed by atoms with E-state index < -0.39 is 24.0 Å². The average Bonchev–Trinajstić information content (AvgIpc) is 3.34. The molecule has 0 spiro atoms. The Morgan fingerprint density at radius 3 is 2.03 bits per heavy atom. The normalized spacial score (nSPS) is 19.1. The minimum atomic E-state index is -1.03. The zero-order chi connectivity index (χ0) is 27.4. The van der Waals surface area contributed by atoms with Crippen molar-refractivity contribution in [1.29, 1.82) is 0 Å². The molecule has 3 aromatic carbocycles. The monoisotopic (exact) mass is 546 g/mol. The van der Waals surface area contributed by atoms with Crippen molar-refractivity contribution in [2.24, 2.45) is 0 Å². The predicted octanol–water partition coefficient (Wildman–Crippen LogP) is 4.58. The Hall–Kier alpha value is -3.76. The molecule has 2 N–H and O–H groups in total. The number of aromatic amines is 1. The van der Waals surface area contributed by atoms with Crippen LogP contribution in [0.3, 0.4) is 0 Å². The van der Waals surface area contributed by atoms with Gasteiger partial charge in [0.25, 0.3) is 5.56 Å². The number of rotatable bonds is 9. The molecular weight excluding hydrogens is 516 g/mol. The number of hydrogen-bond donors (Lipinski definition) is 2. The summed E-state index contributed by atoms with van der Waals surface area (Å²) in [4.78, 5) is 14.2. The van der Waals surface area contributed by atoms with Gasteiger partial charge in [0, 0.05) is 18.7 Å². The quantitative estimate of drug-likeness (QED) is 0.234. The van der Waals surface area contributed by atoms with Gasteiger partial charge in [-0.25, -0.2) is 0 Å². The first-order chi connectivity index (χ1) is 18.9. The van der Waals surface area contributed by atoms with E-state index in [2.05, 4.69) is 4.98 Å². The number of ether oxygens (including phenoxy) is 4. The zero-order valence-corrected chi connectivity index (χ0v) is 22.5. The van der Waals surface area contributed by atoms with Crippen LogP contribution in [0, 0.1) is 4.77 Å². The van der Waals surface area contributed by atoms with Crippen LogP contribution in [0.15, 0.2) is 95.9 Å². The summed E-state index contributed by atoms with van der Waals surface area (Å²) in [5.74, 6) is 1.45. The molecular formula is C30H30N2O6S. The van der Waals surface area contributed by atoms with Crippen LogP contribution in [0.25, 0.3) is 0 Å². The summed E-state index contributed by atoms with van der Waals surface area (Å²) >= 11 is 5.30. The van der Waals surface area contributed by atoms with Crippen LogP contribution < -0.4 is 15.0 Å². The molecule has 1 aliphatic heterocycles. The molecule has 0 unspecified atom stereocenters. The highest BCUT2D eigenvalue weighted by Gasteiger charge is 2.42. The molecule has 0 aliphatic carbocycles. The van der Waals surface area contributed by atoms with E-state index in [1.807, 2.05) is 78.9 Å². The van der Waals surface area contributed by atoms with Crippen molar-refractivity contribution in [3.05, 3.63) is 123 Å². The van der Waals surface area contributed by atoms with Crippen LogP contribution in [-0.2, 0) is 15.1 Å². The SMILES string of the molecule is COc1ccc(C(OC[C@H]2O[C@@H](n3ccc(=O)[nH]c3=S)C[C@@H]2O)(c2ccccc2)c2ccc(OC)cc2)cc1. The Kier molecular flexibility index (Phi) is 7.94. The van der Waals surface area contributed by atoms with Crippen LogP contribution >= 0.6 is 12.2 Å². The third kappa shape index (κ3) is 5.39. The van der Waals surface area contributed by atoms with E-state index in [1.54, 1.807) is 25.0 Å². The van der Waals surface area contributed by atoms with Crippen LogP contribution in [0.4, 0.5) is 0 Å². The summed E-state index contributed by atoms with van der Waals surface area (Å²) in [5, 5.41) is 11.0. The average molecular weight is 547 g/mol. The topological polar surface area (TPSA) is 94.9 Å². The van der Waals surface area contributed by atoms with Crippen molar-refractivity contribution in [1.82, 2.24) is 9.55 Å². The third-order valence-electron chi connectivity index (χ3n) is 7.00. The number of H-pyrrole nitrogens is 1. The summed E-state index contributed by atoms with van der Waals surface area (Å²) in [7, 11) is 3.26. The second-order valence-electron chi connectivity index (χ2n) is 9.26. The first-order valence-electron chi connectivity index (χ1n) is 12.6. The molecule has 2 heterocycles. The van der Waals surface area contributed by atoms with Crippen LogP contribution in [0.1, 0.15) is 29.3 Å². The van der Waals surface area contributed by atoms with Crippen LogP contribution in [-0.4, -0.2) is 47.7 Å². The number of hydrogen-bond acceptors (Lipinski definition) is 7. The van der Waals surface area contributed by atoms with Gasteiger partial charge in [-0.2, -0.15) is 0 Å². The largest absolute Gasteiger partial charge is 0.497 e. The van der Waals surface area contributed by atoms with Gasteiger partial charge >= 0.3 is 0 Å². The highest BCUT2D eigenvalue weighted by Crippen LogP contribution is 2.42. The minimum Gasteiger partial charge on any atom is -0.497 e. The fraction of sp³-hybridized carbons (Fsp3) is 0.267. The Morgan fingerprint density at radius 2 is 1.49 bits per heavy atom. The van der Waals surface area contributed by atoms with Gasteiger partial charge in [0.2, 0.25) is 0 Å². The van der Waals surface area contributed by atoms with Gasteiger partial charge in [0.1, 0.15) is 29.4 Å². The second-order valence-corrected chi connectivity index (χ2v) is 9.65. The minimum absolute atomic E-state index is 0.0846. The van der Waals surface area contributed by atoms with E-state index in [0.717, 1.165) is 28.2 Å². The Morgan fingerprint density at radius 1 is 0.923 bits per heavy atom. The molecule has 9 heteroatoms. The third-order valence-corrected chi connectivity index (χ3v) is 7.32. The lowest BCUT2D eigenvalue weighted by Crippen LogP contribution is -2.38. The number of aromatic nitrogens is 2. The molecule has 1 aliphatic rings. The van der Waals surface area contributed by atoms with E-state index in [0.29, 0.717) is 6.42 Å². The summed E-state index contributed by atoms with van der Waals surface area (Å²) in [6.45, 7) is 0.0846. The van der Waals surface area contributed by atoms with Gasteiger partial charge in [0.15, 0.2) is 4.77 Å². The van der Waals surface area contributed by atoms with Gasteiger partial charge in [0.05, 0.1) is 26.9 Å². The van der Waals surface area contributed by atoms with E-state index in [9.17, 15) is 9.90 Å². The van der Waals surface area contributed by atoms with Gasteiger partial charge < -0.3 is 24.1 Å². The Balaban J connectivity index is 1.54. The molecule has 0 radical (unpaired) electrons. The maximum atomic E-state index is 11.6. The van der Waals surface area contributed by atoms with Crippen LogP contribution in [0.5, 0.6) is 11.5 Å². The summed E-state index contributed by atoms with van der Waals surface area (Å²) in [6, 6.07) is 26.8. The molecule has 1 saturated heterocycles. The van der Waals surface area contributed by atoms with E-state index in [-0.39, 0.29) is 16.9 Å². The Bertz CT molecular complexity index is 1450. The lowest BCUT2D eigenvalue weighted by atomic mass is 9.80. The molecule has 0 saturated carbocycles. The van der Waals surface area contributed by atoms with Crippen molar-refractivity contribution >= 4 is 12.2 Å². The highest BCUT2D eigenvalue weighted by atomic mass is 32.1. The first kappa shape index (κ1) is 26.8. The molecule has 8 nitrogen and oxygen atoms in total. The second kappa shape index (κ2) is 11.5. The molecule has 5 rings (SSSR count). The fourth-order valence-electron chi connectivity index (χ4n) is 4.97. The number of nitrogens with one attached hydrogen (secondary N) is 1. The lowest BCUT2D eigenvalue weighted by molar-refractivity contribution is -0.0941. The standard InChI is InChI=1S/C30H30N2O6S/c1-35-23-12-8-21(9-13-23)30(20-6-4-3-5-7-20,22-10-14-24(36-2)15-11-22)37-19-26-25(33)18-28(38-26)32-17-16-27(34)31-29(32)39/h3-17,25-26,28,33H,18-19H2,1-2H3,(H,31,34,39)/t25-,26+,28+/m0/s1. The fourth-order valence-corrected chi connectivity index (χ4v) is 5.25. The molecule has 1 fully saturated rings. The van der Waals surface area contributed by atoms with Crippen molar-refractivity contribution < 1.29 is 24.1 Å². The lowest BCUT2D eigenvalue weighted by Gasteiger charge is -2.37. The molecule has 202 valence electrons. The van der Waals surface area contributed by atoms with Crippen molar-refractivity contribution in [3.63, 3.8) is 0 Å². The van der Waals surface area contributed by atoms with Gasteiger partial charge in [-0.05, 0) is 53.2 Å². The predicted molar refractivity (Wildman–Crippen MR) is 149 cm³/mol. The maximum absolute atomic E-state index is 11.6. The maximum Gasteiger partial charge on any atom is 0.251 e. The van der Waals surface area contributed by atoms with Gasteiger partial charge in [-0.15, -0.1) is 0 Å². The molecule has 0 amide bonds.